The van der Waals surface area contributed by atoms with E-state index in [-0.39, 0.29) is 10.6 Å². The van der Waals surface area contributed by atoms with Gasteiger partial charge in [-0.2, -0.15) is 0 Å². The summed E-state index contributed by atoms with van der Waals surface area (Å²) >= 11 is 2.95. The van der Waals surface area contributed by atoms with E-state index in [1.165, 1.54) is 6.07 Å². The lowest BCUT2D eigenvalue weighted by molar-refractivity contribution is 0.0757. The second-order valence-electron chi connectivity index (χ2n) is 4.05. The summed E-state index contributed by atoms with van der Waals surface area (Å²) < 4.78 is 32.6. The molecule has 0 spiro atoms. The van der Waals surface area contributed by atoms with Crippen molar-refractivity contribution >= 4 is 21.7 Å². The highest BCUT2D eigenvalue weighted by molar-refractivity contribution is 9.10. The van der Waals surface area contributed by atoms with Crippen molar-refractivity contribution in [1.82, 2.24) is 0 Å². The second-order valence-corrected chi connectivity index (χ2v) is 4.91. The molecule has 92 valence electrons. The Bertz CT molecular complexity index is 462. The zero-order chi connectivity index (χ0) is 12.6. The van der Waals surface area contributed by atoms with Gasteiger partial charge in [0.15, 0.2) is 11.6 Å². The molecule has 2 rings (SSSR count). The topological polar surface area (TPSA) is 26.3 Å². The fraction of sp³-hybridized carbons (Fsp3) is 0.417. The van der Waals surface area contributed by atoms with Crippen molar-refractivity contribution in [3.63, 3.8) is 0 Å². The van der Waals surface area contributed by atoms with Gasteiger partial charge in [0, 0.05) is 6.61 Å². The highest BCUT2D eigenvalue weighted by Crippen LogP contribution is 2.29. The van der Waals surface area contributed by atoms with Crippen LogP contribution in [0, 0.1) is 17.6 Å². The Hall–Kier alpha value is -0.810. The van der Waals surface area contributed by atoms with E-state index in [0.717, 1.165) is 6.07 Å². The summed E-state index contributed by atoms with van der Waals surface area (Å²) in [6.45, 7) is 2.19. The summed E-state index contributed by atoms with van der Waals surface area (Å²) in [5.74, 6) is -2.65. The predicted octanol–water partition coefficient (Wildman–Crippen LogP) is 3.34. The quantitative estimate of drug-likeness (QED) is 0.619. The Kier molecular flexibility index (Phi) is 3.58. The lowest BCUT2D eigenvalue weighted by atomic mass is 9.92. The molecular formula is C12H11BrF2O2. The monoisotopic (exact) mass is 304 g/mol. The standard InChI is InChI=1S/C12H11BrF2O2/c1-6-7(4-5-17-6)12(16)10-9(14)3-2-8(13)11(10)15/h2-3,6-7H,4-5H2,1H3. The molecule has 0 radical (unpaired) electrons. The van der Waals surface area contributed by atoms with Crippen molar-refractivity contribution < 1.29 is 18.3 Å². The van der Waals surface area contributed by atoms with Crippen LogP contribution in [0.3, 0.4) is 0 Å². The van der Waals surface area contributed by atoms with E-state index >= 15 is 0 Å². The third-order valence-corrected chi connectivity index (χ3v) is 3.62. The van der Waals surface area contributed by atoms with E-state index < -0.39 is 28.9 Å². The van der Waals surface area contributed by atoms with Crippen molar-refractivity contribution in [2.24, 2.45) is 5.92 Å². The SMILES string of the molecule is CC1OCCC1C(=O)c1c(F)ccc(Br)c1F. The molecule has 1 fully saturated rings. The molecule has 0 bridgehead atoms. The number of ether oxygens (including phenoxy) is 1. The summed E-state index contributed by atoms with van der Waals surface area (Å²) in [4.78, 5) is 12.1. The minimum absolute atomic E-state index is 0.0915. The lowest BCUT2D eigenvalue weighted by Gasteiger charge is -2.14. The first-order valence-corrected chi connectivity index (χ1v) is 6.11. The molecule has 1 aromatic carbocycles. The fourth-order valence-corrected chi connectivity index (χ4v) is 2.34. The summed E-state index contributed by atoms with van der Waals surface area (Å²) in [7, 11) is 0. The number of rotatable bonds is 2. The molecular weight excluding hydrogens is 294 g/mol. The zero-order valence-electron chi connectivity index (χ0n) is 9.17. The smallest absolute Gasteiger partial charge is 0.174 e. The number of halogens is 3. The molecule has 0 aliphatic carbocycles. The van der Waals surface area contributed by atoms with Crippen LogP contribution in [0.2, 0.25) is 0 Å². The molecule has 5 heteroatoms. The van der Waals surface area contributed by atoms with E-state index in [9.17, 15) is 13.6 Å². The van der Waals surface area contributed by atoms with Gasteiger partial charge in [-0.05, 0) is 41.4 Å². The van der Waals surface area contributed by atoms with Crippen LogP contribution in [0.1, 0.15) is 23.7 Å². The molecule has 1 aromatic rings. The summed E-state index contributed by atoms with van der Waals surface area (Å²) in [5, 5.41) is 0. The molecule has 0 amide bonds. The third-order valence-electron chi connectivity index (χ3n) is 3.00. The fourth-order valence-electron chi connectivity index (χ4n) is 2.01. The molecule has 1 heterocycles. The average molecular weight is 305 g/mol. The van der Waals surface area contributed by atoms with E-state index in [0.29, 0.717) is 13.0 Å². The van der Waals surface area contributed by atoms with Crippen LogP contribution in [-0.2, 0) is 4.74 Å². The van der Waals surface area contributed by atoms with Gasteiger partial charge in [0.2, 0.25) is 0 Å². The number of ketones is 1. The van der Waals surface area contributed by atoms with Gasteiger partial charge in [0.05, 0.1) is 22.1 Å². The van der Waals surface area contributed by atoms with Gasteiger partial charge in [0.25, 0.3) is 0 Å². The van der Waals surface area contributed by atoms with E-state index in [1.54, 1.807) is 6.92 Å². The summed E-state index contributed by atoms with van der Waals surface area (Å²) in [5.41, 5.74) is -0.471. The first kappa shape index (κ1) is 12.6. The molecule has 2 nitrogen and oxygen atoms in total. The van der Waals surface area contributed by atoms with Crippen LogP contribution in [0.4, 0.5) is 8.78 Å². The normalized spacial score (nSPS) is 24.0. The lowest BCUT2D eigenvalue weighted by Crippen LogP contribution is -2.23. The van der Waals surface area contributed by atoms with Gasteiger partial charge >= 0.3 is 0 Å². The van der Waals surface area contributed by atoms with Crippen molar-refractivity contribution in [3.8, 4) is 0 Å². The molecule has 0 aromatic heterocycles. The molecule has 1 saturated heterocycles. The summed E-state index contributed by atoms with van der Waals surface area (Å²) in [6.07, 6.45) is 0.214. The molecule has 1 aliphatic rings. The maximum absolute atomic E-state index is 13.7. The largest absolute Gasteiger partial charge is 0.378 e. The number of hydrogen-bond donors (Lipinski definition) is 0. The molecule has 2 atom stereocenters. The average Bonchev–Trinajstić information content (AvgIpc) is 2.70. The zero-order valence-corrected chi connectivity index (χ0v) is 10.8. The van der Waals surface area contributed by atoms with Gasteiger partial charge in [0.1, 0.15) is 5.82 Å². The number of Topliss-reactive ketones (excluding diaryl/α,β-unsaturated/α-hetero) is 1. The number of carbonyl (C=O) groups is 1. The van der Waals surface area contributed by atoms with Crippen LogP contribution in [0.25, 0.3) is 0 Å². The Balaban J connectivity index is 2.40. The van der Waals surface area contributed by atoms with Crippen LogP contribution >= 0.6 is 15.9 Å². The van der Waals surface area contributed by atoms with Crippen molar-refractivity contribution in [2.45, 2.75) is 19.4 Å². The Morgan fingerprint density at radius 3 is 2.76 bits per heavy atom. The van der Waals surface area contributed by atoms with Crippen LogP contribution < -0.4 is 0 Å². The molecule has 0 N–H and O–H groups in total. The molecule has 17 heavy (non-hydrogen) atoms. The van der Waals surface area contributed by atoms with Gasteiger partial charge < -0.3 is 4.74 Å². The van der Waals surface area contributed by atoms with E-state index in [2.05, 4.69) is 15.9 Å². The minimum Gasteiger partial charge on any atom is -0.378 e. The van der Waals surface area contributed by atoms with Crippen LogP contribution in [-0.4, -0.2) is 18.5 Å². The Morgan fingerprint density at radius 1 is 1.47 bits per heavy atom. The van der Waals surface area contributed by atoms with Crippen molar-refractivity contribution in [2.75, 3.05) is 6.61 Å². The minimum atomic E-state index is -0.839. The van der Waals surface area contributed by atoms with E-state index in [1.807, 2.05) is 0 Å². The van der Waals surface area contributed by atoms with Gasteiger partial charge in [-0.15, -0.1) is 0 Å². The third kappa shape index (κ3) is 2.26. The first-order valence-electron chi connectivity index (χ1n) is 5.31. The number of hydrogen-bond acceptors (Lipinski definition) is 2. The molecule has 1 aliphatic heterocycles. The number of benzene rings is 1. The second kappa shape index (κ2) is 4.82. The molecule has 0 saturated carbocycles. The highest BCUT2D eigenvalue weighted by atomic mass is 79.9. The van der Waals surface area contributed by atoms with Crippen LogP contribution in [0.15, 0.2) is 16.6 Å². The first-order chi connectivity index (χ1) is 8.02. The van der Waals surface area contributed by atoms with Gasteiger partial charge in [-0.3, -0.25) is 4.79 Å². The maximum atomic E-state index is 13.7. The highest BCUT2D eigenvalue weighted by Gasteiger charge is 2.34. The predicted molar refractivity (Wildman–Crippen MR) is 61.9 cm³/mol. The van der Waals surface area contributed by atoms with Gasteiger partial charge in [-0.25, -0.2) is 8.78 Å². The summed E-state index contributed by atoms with van der Waals surface area (Å²) in [6, 6.07) is 2.33. The van der Waals surface area contributed by atoms with Gasteiger partial charge in [-0.1, -0.05) is 0 Å². The van der Waals surface area contributed by atoms with E-state index in [4.69, 9.17) is 4.74 Å². The van der Waals surface area contributed by atoms with Crippen LogP contribution in [0.5, 0.6) is 0 Å². The Labute approximate surface area is 106 Å². The maximum Gasteiger partial charge on any atom is 0.174 e. The Morgan fingerprint density at radius 2 is 2.18 bits per heavy atom. The van der Waals surface area contributed by atoms with Crippen molar-refractivity contribution in [1.29, 1.82) is 0 Å². The number of carbonyl (C=O) groups excluding carboxylic acids is 1. The van der Waals surface area contributed by atoms with Crippen molar-refractivity contribution in [3.05, 3.63) is 33.8 Å². The molecule has 2 unspecified atom stereocenters.